The van der Waals surface area contributed by atoms with Gasteiger partial charge in [-0.05, 0) is 13.0 Å². The maximum atomic E-state index is 11.5. The molecule has 0 spiro atoms. The van der Waals surface area contributed by atoms with Gasteiger partial charge in [-0.3, -0.25) is 0 Å². The van der Waals surface area contributed by atoms with Crippen LogP contribution in [0.15, 0.2) is 0 Å². The van der Waals surface area contributed by atoms with E-state index in [0.717, 1.165) is 17.8 Å². The molecule has 6 heteroatoms. The van der Waals surface area contributed by atoms with E-state index in [0.29, 0.717) is 23.7 Å². The first-order valence-corrected chi connectivity index (χ1v) is 5.80. The third-order valence-electron chi connectivity index (χ3n) is 1.99. The Balaban J connectivity index is 2.86. The largest absolute Gasteiger partial charge is 0.465 e. The Bertz CT molecular complexity index is 352. The summed E-state index contributed by atoms with van der Waals surface area (Å²) in [6, 6.07) is 0. The monoisotopic (exact) mass is 244 g/mol. The smallest absolute Gasteiger partial charge is 0.350 e. The number of thiazole rings is 1. The molecule has 0 radical (unpaired) electrons. The zero-order valence-corrected chi connectivity index (χ0v) is 10.3. The van der Waals surface area contributed by atoms with Gasteiger partial charge in [0.15, 0.2) is 0 Å². The third-order valence-corrected chi connectivity index (χ3v) is 3.13. The number of rotatable bonds is 6. The van der Waals surface area contributed by atoms with Gasteiger partial charge in [0, 0.05) is 13.5 Å². The van der Waals surface area contributed by atoms with Crippen LogP contribution in [0.25, 0.3) is 0 Å². The van der Waals surface area contributed by atoms with Crippen LogP contribution in [0.4, 0.5) is 0 Å². The minimum Gasteiger partial charge on any atom is -0.465 e. The highest BCUT2D eigenvalue weighted by atomic mass is 32.1. The van der Waals surface area contributed by atoms with E-state index in [4.69, 9.17) is 15.2 Å². The SMILES string of the molecule is COCc1nc(CCCN)sc1C(=O)OC. The second-order valence-electron chi connectivity index (χ2n) is 3.20. The van der Waals surface area contributed by atoms with Crippen molar-refractivity contribution in [3.8, 4) is 0 Å². The number of methoxy groups -OCH3 is 2. The molecule has 90 valence electrons. The van der Waals surface area contributed by atoms with E-state index < -0.39 is 0 Å². The zero-order valence-electron chi connectivity index (χ0n) is 9.49. The molecule has 0 aliphatic carbocycles. The summed E-state index contributed by atoms with van der Waals surface area (Å²) < 4.78 is 9.69. The third kappa shape index (κ3) is 3.26. The maximum absolute atomic E-state index is 11.5. The highest BCUT2D eigenvalue weighted by Crippen LogP contribution is 2.21. The molecule has 0 aromatic carbocycles. The molecule has 16 heavy (non-hydrogen) atoms. The number of carbonyl (C=O) groups excluding carboxylic acids is 1. The minimum absolute atomic E-state index is 0.323. The second kappa shape index (κ2) is 6.57. The Labute approximate surface area is 98.6 Å². The zero-order chi connectivity index (χ0) is 12.0. The second-order valence-corrected chi connectivity index (χ2v) is 4.28. The molecular formula is C10H16N2O3S. The van der Waals surface area contributed by atoms with Crippen LogP contribution in [0.5, 0.6) is 0 Å². The van der Waals surface area contributed by atoms with Crippen LogP contribution in [0.2, 0.25) is 0 Å². The summed E-state index contributed by atoms with van der Waals surface area (Å²) in [7, 11) is 2.93. The number of ether oxygens (including phenoxy) is 2. The molecule has 5 nitrogen and oxygen atoms in total. The van der Waals surface area contributed by atoms with Gasteiger partial charge < -0.3 is 15.2 Å². The minimum atomic E-state index is -0.358. The topological polar surface area (TPSA) is 74.4 Å². The predicted octanol–water partition coefficient (Wildman–Crippen LogP) is 0.967. The number of aryl methyl sites for hydroxylation is 1. The van der Waals surface area contributed by atoms with E-state index in [9.17, 15) is 4.79 Å². The van der Waals surface area contributed by atoms with E-state index >= 15 is 0 Å². The van der Waals surface area contributed by atoms with Crippen molar-refractivity contribution in [2.24, 2.45) is 5.73 Å². The van der Waals surface area contributed by atoms with Gasteiger partial charge >= 0.3 is 5.97 Å². The van der Waals surface area contributed by atoms with Crippen molar-refractivity contribution in [3.05, 3.63) is 15.6 Å². The average Bonchev–Trinajstić information content (AvgIpc) is 2.69. The van der Waals surface area contributed by atoms with Gasteiger partial charge in [-0.25, -0.2) is 9.78 Å². The van der Waals surface area contributed by atoms with Crippen LogP contribution in [0.3, 0.4) is 0 Å². The lowest BCUT2D eigenvalue weighted by Gasteiger charge is -1.98. The Morgan fingerprint density at radius 3 is 2.81 bits per heavy atom. The first-order chi connectivity index (χ1) is 7.72. The predicted molar refractivity (Wildman–Crippen MR) is 61.5 cm³/mol. The molecule has 0 atom stereocenters. The first-order valence-electron chi connectivity index (χ1n) is 4.98. The van der Waals surface area contributed by atoms with Crippen molar-refractivity contribution < 1.29 is 14.3 Å². The quantitative estimate of drug-likeness (QED) is 0.755. The number of esters is 1. The van der Waals surface area contributed by atoms with Gasteiger partial charge in [0.2, 0.25) is 0 Å². The molecule has 1 aromatic heterocycles. The van der Waals surface area contributed by atoms with E-state index in [-0.39, 0.29) is 5.97 Å². The van der Waals surface area contributed by atoms with Crippen LogP contribution in [-0.2, 0) is 22.5 Å². The van der Waals surface area contributed by atoms with Gasteiger partial charge in [0.05, 0.1) is 24.4 Å². The van der Waals surface area contributed by atoms with Crippen molar-refractivity contribution in [1.82, 2.24) is 4.98 Å². The average molecular weight is 244 g/mol. The normalized spacial score (nSPS) is 10.4. The van der Waals surface area contributed by atoms with Gasteiger partial charge in [0.1, 0.15) is 4.88 Å². The summed E-state index contributed by atoms with van der Waals surface area (Å²) in [6.45, 7) is 0.941. The molecule has 0 saturated heterocycles. The summed E-state index contributed by atoms with van der Waals surface area (Å²) in [4.78, 5) is 16.3. The molecule has 0 aliphatic heterocycles. The molecule has 0 aliphatic rings. The number of hydrogen-bond donors (Lipinski definition) is 1. The van der Waals surface area contributed by atoms with Crippen LogP contribution < -0.4 is 5.73 Å². The molecule has 1 aromatic rings. The summed E-state index contributed by atoms with van der Waals surface area (Å²) in [5.41, 5.74) is 6.07. The first kappa shape index (κ1) is 13.1. The van der Waals surface area contributed by atoms with Gasteiger partial charge in [0.25, 0.3) is 0 Å². The highest BCUT2D eigenvalue weighted by molar-refractivity contribution is 7.13. The number of carbonyl (C=O) groups is 1. The van der Waals surface area contributed by atoms with E-state index in [2.05, 4.69) is 4.98 Å². The lowest BCUT2D eigenvalue weighted by atomic mass is 10.3. The van der Waals surface area contributed by atoms with Crippen molar-refractivity contribution in [2.45, 2.75) is 19.4 Å². The van der Waals surface area contributed by atoms with Crippen molar-refractivity contribution in [1.29, 1.82) is 0 Å². The van der Waals surface area contributed by atoms with Gasteiger partial charge in [-0.2, -0.15) is 0 Å². The molecule has 0 saturated carbocycles. The molecular weight excluding hydrogens is 228 g/mol. The lowest BCUT2D eigenvalue weighted by Crippen LogP contribution is -2.03. The Hall–Kier alpha value is -0.980. The Kier molecular flexibility index (Phi) is 5.37. The van der Waals surface area contributed by atoms with E-state index in [1.54, 1.807) is 7.11 Å². The molecule has 1 rings (SSSR count). The van der Waals surface area contributed by atoms with Crippen LogP contribution >= 0.6 is 11.3 Å². The summed E-state index contributed by atoms with van der Waals surface area (Å²) in [5.74, 6) is -0.358. The van der Waals surface area contributed by atoms with E-state index in [1.165, 1.54) is 18.4 Å². The highest BCUT2D eigenvalue weighted by Gasteiger charge is 2.18. The Morgan fingerprint density at radius 1 is 1.50 bits per heavy atom. The van der Waals surface area contributed by atoms with Crippen LogP contribution in [0, 0.1) is 0 Å². The fraction of sp³-hybridized carbons (Fsp3) is 0.600. The summed E-state index contributed by atoms with van der Waals surface area (Å²) in [5, 5.41) is 0.901. The fourth-order valence-electron chi connectivity index (χ4n) is 1.25. The lowest BCUT2D eigenvalue weighted by molar-refractivity contribution is 0.0601. The summed E-state index contributed by atoms with van der Waals surface area (Å²) in [6.07, 6.45) is 1.65. The fourth-order valence-corrected chi connectivity index (χ4v) is 2.27. The standard InChI is InChI=1S/C10H16N2O3S/c1-14-6-7-9(10(13)15-2)16-8(12-7)4-3-5-11/h3-6,11H2,1-2H3. The van der Waals surface area contributed by atoms with E-state index in [1.807, 2.05) is 0 Å². The molecule has 2 N–H and O–H groups in total. The molecule has 0 fully saturated rings. The molecule has 0 unspecified atom stereocenters. The molecule has 1 heterocycles. The molecule has 0 amide bonds. The maximum Gasteiger partial charge on any atom is 0.350 e. The van der Waals surface area contributed by atoms with Crippen molar-refractivity contribution in [2.75, 3.05) is 20.8 Å². The van der Waals surface area contributed by atoms with Crippen LogP contribution in [-0.4, -0.2) is 31.7 Å². The van der Waals surface area contributed by atoms with Gasteiger partial charge in [-0.15, -0.1) is 11.3 Å². The van der Waals surface area contributed by atoms with Crippen molar-refractivity contribution in [3.63, 3.8) is 0 Å². The van der Waals surface area contributed by atoms with Crippen LogP contribution in [0.1, 0.15) is 26.8 Å². The number of aromatic nitrogens is 1. The number of hydrogen-bond acceptors (Lipinski definition) is 6. The Morgan fingerprint density at radius 2 is 2.25 bits per heavy atom. The number of nitrogens with two attached hydrogens (primary N) is 1. The molecule has 0 bridgehead atoms. The van der Waals surface area contributed by atoms with Gasteiger partial charge in [-0.1, -0.05) is 0 Å². The van der Waals surface area contributed by atoms with Crippen molar-refractivity contribution >= 4 is 17.3 Å². The summed E-state index contributed by atoms with van der Waals surface area (Å²) >= 11 is 1.35. The number of nitrogens with zero attached hydrogens (tertiary/aromatic N) is 1.